The summed E-state index contributed by atoms with van der Waals surface area (Å²) in [6, 6.07) is 4.15. The van der Waals surface area contributed by atoms with Crippen molar-refractivity contribution in [2.45, 2.75) is 25.4 Å². The molecule has 0 aromatic heterocycles. The third-order valence-electron chi connectivity index (χ3n) is 3.36. The molecule has 0 bridgehead atoms. The highest BCUT2D eigenvalue weighted by molar-refractivity contribution is 9.10. The average molecular weight is 357 g/mol. The van der Waals surface area contributed by atoms with Crippen LogP contribution < -0.4 is 5.32 Å². The van der Waals surface area contributed by atoms with Crippen molar-refractivity contribution < 1.29 is 19.8 Å². The highest BCUT2D eigenvalue weighted by Crippen LogP contribution is 2.23. The van der Waals surface area contributed by atoms with Gasteiger partial charge in [0.25, 0.3) is 0 Å². The van der Waals surface area contributed by atoms with Crippen LogP contribution in [-0.2, 0) is 0 Å². The SMILES string of the molecule is CC1(O)CCCN(C(=O)Nc2cc(Br)cc(C(=O)O)c2)C1. The van der Waals surface area contributed by atoms with Gasteiger partial charge < -0.3 is 20.4 Å². The van der Waals surface area contributed by atoms with Gasteiger partial charge in [0.1, 0.15) is 0 Å². The van der Waals surface area contributed by atoms with Gasteiger partial charge in [-0.1, -0.05) is 15.9 Å². The van der Waals surface area contributed by atoms with Gasteiger partial charge in [-0.25, -0.2) is 9.59 Å². The maximum absolute atomic E-state index is 12.2. The first kappa shape index (κ1) is 15.8. The molecule has 1 aliphatic rings. The number of amides is 2. The topological polar surface area (TPSA) is 89.9 Å². The second-order valence-corrected chi connectivity index (χ2v) is 6.40. The fraction of sp³-hybridized carbons (Fsp3) is 0.429. The lowest BCUT2D eigenvalue weighted by molar-refractivity contribution is -0.000636. The van der Waals surface area contributed by atoms with E-state index >= 15 is 0 Å². The van der Waals surface area contributed by atoms with E-state index in [9.17, 15) is 14.7 Å². The van der Waals surface area contributed by atoms with E-state index < -0.39 is 11.6 Å². The Morgan fingerprint density at radius 3 is 2.71 bits per heavy atom. The summed E-state index contributed by atoms with van der Waals surface area (Å²) >= 11 is 3.22. The number of hydrogen-bond acceptors (Lipinski definition) is 3. The maximum atomic E-state index is 12.2. The van der Waals surface area contributed by atoms with Gasteiger partial charge in [-0.15, -0.1) is 0 Å². The van der Waals surface area contributed by atoms with E-state index in [1.165, 1.54) is 17.0 Å². The predicted molar refractivity (Wildman–Crippen MR) is 81.6 cm³/mol. The van der Waals surface area contributed by atoms with Gasteiger partial charge in [0.2, 0.25) is 0 Å². The van der Waals surface area contributed by atoms with Gasteiger partial charge in [-0.2, -0.15) is 0 Å². The van der Waals surface area contributed by atoms with Crippen molar-refractivity contribution in [2.24, 2.45) is 0 Å². The number of carboxylic acids is 1. The number of urea groups is 1. The van der Waals surface area contributed by atoms with Gasteiger partial charge in [-0.05, 0) is 38.0 Å². The number of hydrogen-bond donors (Lipinski definition) is 3. The van der Waals surface area contributed by atoms with E-state index in [0.717, 1.165) is 6.42 Å². The predicted octanol–water partition coefficient (Wildman–Crippen LogP) is 2.53. The lowest BCUT2D eigenvalue weighted by Crippen LogP contribution is -2.49. The number of likely N-dealkylation sites (tertiary alicyclic amines) is 1. The van der Waals surface area contributed by atoms with Gasteiger partial charge in [0.15, 0.2) is 0 Å². The smallest absolute Gasteiger partial charge is 0.335 e. The van der Waals surface area contributed by atoms with E-state index in [0.29, 0.717) is 23.1 Å². The van der Waals surface area contributed by atoms with Crippen molar-refractivity contribution in [3.8, 4) is 0 Å². The molecule has 3 N–H and O–H groups in total. The molecule has 1 saturated heterocycles. The number of nitrogens with zero attached hydrogens (tertiary/aromatic N) is 1. The van der Waals surface area contributed by atoms with E-state index in [1.807, 2.05) is 0 Å². The molecule has 0 spiro atoms. The Morgan fingerprint density at radius 1 is 1.38 bits per heavy atom. The lowest BCUT2D eigenvalue weighted by Gasteiger charge is -2.36. The van der Waals surface area contributed by atoms with E-state index in [1.54, 1.807) is 13.0 Å². The summed E-state index contributed by atoms with van der Waals surface area (Å²) in [6.07, 6.45) is 1.40. The number of anilines is 1. The zero-order valence-corrected chi connectivity index (χ0v) is 13.2. The normalized spacial score (nSPS) is 22.0. The standard InChI is InChI=1S/C14H17BrN2O4/c1-14(21)3-2-4-17(8-14)13(20)16-11-6-9(12(18)19)5-10(15)7-11/h5-7,21H,2-4,8H2,1H3,(H,16,20)(H,18,19). The number of nitrogens with one attached hydrogen (secondary N) is 1. The van der Waals surface area contributed by atoms with Gasteiger partial charge in [0, 0.05) is 16.7 Å². The summed E-state index contributed by atoms with van der Waals surface area (Å²) in [5, 5.41) is 21.7. The third kappa shape index (κ3) is 4.18. The summed E-state index contributed by atoms with van der Waals surface area (Å²) in [5.41, 5.74) is -0.388. The van der Waals surface area contributed by atoms with Crippen LogP contribution in [0.5, 0.6) is 0 Å². The number of carbonyl (C=O) groups excluding carboxylic acids is 1. The number of rotatable bonds is 2. The molecule has 2 rings (SSSR count). The molecule has 1 aromatic carbocycles. The monoisotopic (exact) mass is 356 g/mol. The number of aliphatic hydroxyl groups is 1. The van der Waals surface area contributed by atoms with Crippen molar-refractivity contribution in [1.82, 2.24) is 4.90 Å². The number of β-amino-alcohol motifs (C(OH)–C–C–N with tert-alkyl or cyclic N) is 1. The first-order valence-corrected chi connectivity index (χ1v) is 7.38. The van der Waals surface area contributed by atoms with Crippen LogP contribution in [0.1, 0.15) is 30.1 Å². The minimum Gasteiger partial charge on any atom is -0.478 e. The van der Waals surface area contributed by atoms with Crippen molar-refractivity contribution >= 4 is 33.6 Å². The Balaban J connectivity index is 2.11. The van der Waals surface area contributed by atoms with Crippen LogP contribution in [-0.4, -0.2) is 45.8 Å². The van der Waals surface area contributed by atoms with Gasteiger partial charge >= 0.3 is 12.0 Å². The second kappa shape index (κ2) is 6.03. The van der Waals surface area contributed by atoms with Crippen molar-refractivity contribution in [2.75, 3.05) is 18.4 Å². The van der Waals surface area contributed by atoms with Gasteiger partial charge in [-0.3, -0.25) is 0 Å². The highest BCUT2D eigenvalue weighted by atomic mass is 79.9. The summed E-state index contributed by atoms with van der Waals surface area (Å²) in [6.45, 7) is 2.54. The summed E-state index contributed by atoms with van der Waals surface area (Å²) in [7, 11) is 0. The summed E-state index contributed by atoms with van der Waals surface area (Å²) < 4.78 is 0.573. The molecule has 114 valence electrons. The lowest BCUT2D eigenvalue weighted by atomic mass is 9.95. The largest absolute Gasteiger partial charge is 0.478 e. The van der Waals surface area contributed by atoms with Crippen molar-refractivity contribution in [1.29, 1.82) is 0 Å². The second-order valence-electron chi connectivity index (χ2n) is 5.49. The quantitative estimate of drug-likeness (QED) is 0.759. The Hall–Kier alpha value is -1.60. The summed E-state index contributed by atoms with van der Waals surface area (Å²) in [5.74, 6) is -1.06. The van der Waals surface area contributed by atoms with E-state index in [2.05, 4.69) is 21.2 Å². The van der Waals surface area contributed by atoms with Crippen LogP contribution in [0.4, 0.5) is 10.5 Å². The minimum atomic E-state index is -1.06. The fourth-order valence-corrected chi connectivity index (χ4v) is 2.87. The minimum absolute atomic E-state index is 0.0883. The molecule has 1 aromatic rings. The molecule has 21 heavy (non-hydrogen) atoms. The molecular formula is C14H17BrN2O4. The number of aromatic carboxylic acids is 1. The van der Waals surface area contributed by atoms with E-state index in [-0.39, 0.29) is 18.1 Å². The molecule has 1 fully saturated rings. The van der Waals surface area contributed by atoms with Gasteiger partial charge in [0.05, 0.1) is 17.7 Å². The fourth-order valence-electron chi connectivity index (χ4n) is 2.38. The Kier molecular flexibility index (Phi) is 4.53. The molecule has 2 amide bonds. The Morgan fingerprint density at radius 2 is 2.10 bits per heavy atom. The average Bonchev–Trinajstić information content (AvgIpc) is 2.36. The molecule has 6 nitrogen and oxygen atoms in total. The molecule has 0 aliphatic carbocycles. The Bertz CT molecular complexity index is 574. The zero-order valence-electron chi connectivity index (χ0n) is 11.6. The number of halogens is 1. The molecular weight excluding hydrogens is 340 g/mol. The summed E-state index contributed by atoms with van der Waals surface area (Å²) in [4.78, 5) is 24.7. The van der Waals surface area contributed by atoms with Crippen LogP contribution in [0.2, 0.25) is 0 Å². The van der Waals surface area contributed by atoms with Crippen LogP contribution in [0.15, 0.2) is 22.7 Å². The number of carboxylic acid groups (broad SMARTS) is 1. The molecule has 1 heterocycles. The number of carbonyl (C=O) groups is 2. The van der Waals surface area contributed by atoms with Crippen LogP contribution in [0, 0.1) is 0 Å². The molecule has 1 atom stereocenters. The molecule has 0 radical (unpaired) electrons. The van der Waals surface area contributed by atoms with Crippen molar-refractivity contribution in [3.05, 3.63) is 28.2 Å². The molecule has 0 saturated carbocycles. The first-order chi connectivity index (χ1) is 9.77. The van der Waals surface area contributed by atoms with Crippen LogP contribution in [0.3, 0.4) is 0 Å². The maximum Gasteiger partial charge on any atom is 0.335 e. The molecule has 1 unspecified atom stereocenters. The highest BCUT2D eigenvalue weighted by Gasteiger charge is 2.30. The number of benzene rings is 1. The third-order valence-corrected chi connectivity index (χ3v) is 3.82. The van der Waals surface area contributed by atoms with E-state index in [4.69, 9.17) is 5.11 Å². The molecule has 1 aliphatic heterocycles. The molecule has 7 heteroatoms. The van der Waals surface area contributed by atoms with Crippen molar-refractivity contribution in [3.63, 3.8) is 0 Å². The van der Waals surface area contributed by atoms with Crippen LogP contribution in [0.25, 0.3) is 0 Å². The zero-order chi connectivity index (χ0) is 15.6. The number of piperidine rings is 1. The first-order valence-electron chi connectivity index (χ1n) is 6.59. The van der Waals surface area contributed by atoms with Crippen LogP contribution >= 0.6 is 15.9 Å². The Labute approximate surface area is 130 Å².